The normalized spacial score (nSPS) is 22.9. The van der Waals surface area contributed by atoms with E-state index in [0.717, 1.165) is 24.9 Å². The third-order valence-electron chi connectivity index (χ3n) is 5.11. The van der Waals surface area contributed by atoms with Gasteiger partial charge < -0.3 is 14.5 Å². The van der Waals surface area contributed by atoms with E-state index in [9.17, 15) is 4.79 Å². The third kappa shape index (κ3) is 3.86. The molecule has 0 N–H and O–H groups in total. The number of nitrogens with zero attached hydrogens (tertiary/aromatic N) is 2. The van der Waals surface area contributed by atoms with Crippen LogP contribution in [-0.4, -0.2) is 44.6 Å². The Morgan fingerprint density at radius 3 is 2.48 bits per heavy atom. The van der Waals surface area contributed by atoms with E-state index >= 15 is 0 Å². The Hall–Kier alpha value is -1.55. The molecule has 0 radical (unpaired) electrons. The molecule has 0 aromatic heterocycles. The standard InChI is InChI=1S/C19H28N2O2/c1-20(2)17-10-8-15(9-11-17)18-14-21(12-13-23-18)19(22)16-6-4-3-5-7-16/h8-11,16,18H,3-7,12-14H2,1-2H3. The summed E-state index contributed by atoms with van der Waals surface area (Å²) in [4.78, 5) is 16.9. The minimum Gasteiger partial charge on any atom is -0.378 e. The molecule has 126 valence electrons. The van der Waals surface area contributed by atoms with Gasteiger partial charge in [-0.05, 0) is 30.5 Å². The van der Waals surface area contributed by atoms with Crippen LogP contribution in [0.4, 0.5) is 5.69 Å². The average Bonchev–Trinajstić information content (AvgIpc) is 2.62. The lowest BCUT2D eigenvalue weighted by Gasteiger charge is -2.36. The predicted octanol–water partition coefficient (Wildman–Crippen LogP) is 3.23. The van der Waals surface area contributed by atoms with Crippen LogP contribution in [0.1, 0.15) is 43.8 Å². The Morgan fingerprint density at radius 1 is 1.13 bits per heavy atom. The van der Waals surface area contributed by atoms with Crippen molar-refractivity contribution >= 4 is 11.6 Å². The Labute approximate surface area is 139 Å². The zero-order valence-corrected chi connectivity index (χ0v) is 14.3. The number of carbonyl (C=O) groups excluding carboxylic acids is 1. The smallest absolute Gasteiger partial charge is 0.225 e. The van der Waals surface area contributed by atoms with E-state index in [1.54, 1.807) is 0 Å². The second-order valence-corrected chi connectivity index (χ2v) is 6.96. The lowest BCUT2D eigenvalue weighted by molar-refractivity contribution is -0.144. The van der Waals surface area contributed by atoms with E-state index in [2.05, 4.69) is 29.2 Å². The number of morpholine rings is 1. The third-order valence-corrected chi connectivity index (χ3v) is 5.11. The average molecular weight is 316 g/mol. The molecule has 23 heavy (non-hydrogen) atoms. The van der Waals surface area contributed by atoms with Crippen LogP contribution in [0, 0.1) is 5.92 Å². The van der Waals surface area contributed by atoms with Crippen LogP contribution in [0.25, 0.3) is 0 Å². The van der Waals surface area contributed by atoms with Gasteiger partial charge in [-0.3, -0.25) is 4.79 Å². The van der Waals surface area contributed by atoms with E-state index in [1.807, 2.05) is 19.0 Å². The number of hydrogen-bond acceptors (Lipinski definition) is 3. The van der Waals surface area contributed by atoms with Crippen LogP contribution in [-0.2, 0) is 9.53 Å². The predicted molar refractivity (Wildman–Crippen MR) is 92.6 cm³/mol. The van der Waals surface area contributed by atoms with Crippen molar-refractivity contribution in [1.29, 1.82) is 0 Å². The molecule has 1 aromatic rings. The zero-order valence-electron chi connectivity index (χ0n) is 14.3. The van der Waals surface area contributed by atoms with Crippen molar-refractivity contribution in [1.82, 2.24) is 4.90 Å². The van der Waals surface area contributed by atoms with Crippen molar-refractivity contribution in [2.24, 2.45) is 5.92 Å². The monoisotopic (exact) mass is 316 g/mol. The Kier molecular flexibility index (Phi) is 5.21. The summed E-state index contributed by atoms with van der Waals surface area (Å²) in [6, 6.07) is 8.46. The summed E-state index contributed by atoms with van der Waals surface area (Å²) < 4.78 is 5.92. The molecule has 2 fully saturated rings. The first kappa shape index (κ1) is 16.3. The fraction of sp³-hybridized carbons (Fsp3) is 0.632. The summed E-state index contributed by atoms with van der Waals surface area (Å²) in [6.45, 7) is 2.07. The lowest BCUT2D eigenvalue weighted by Crippen LogP contribution is -2.45. The van der Waals surface area contributed by atoms with Gasteiger partial charge in [-0.2, -0.15) is 0 Å². The molecule has 1 aliphatic heterocycles. The van der Waals surface area contributed by atoms with Gasteiger partial charge in [0.25, 0.3) is 0 Å². The molecule has 1 amide bonds. The number of amides is 1. The molecule has 1 atom stereocenters. The summed E-state index contributed by atoms with van der Waals surface area (Å²) in [7, 11) is 4.08. The highest BCUT2D eigenvalue weighted by molar-refractivity contribution is 5.79. The van der Waals surface area contributed by atoms with E-state index in [-0.39, 0.29) is 12.0 Å². The summed E-state index contributed by atoms with van der Waals surface area (Å²) >= 11 is 0. The first-order chi connectivity index (χ1) is 11.1. The van der Waals surface area contributed by atoms with Gasteiger partial charge in [0.05, 0.1) is 13.2 Å². The minimum absolute atomic E-state index is 0.00695. The molecule has 1 aliphatic carbocycles. The van der Waals surface area contributed by atoms with Gasteiger partial charge in [0.2, 0.25) is 5.91 Å². The second-order valence-electron chi connectivity index (χ2n) is 6.96. The summed E-state index contributed by atoms with van der Waals surface area (Å²) in [5.74, 6) is 0.599. The first-order valence-corrected chi connectivity index (χ1v) is 8.83. The quantitative estimate of drug-likeness (QED) is 0.858. The van der Waals surface area contributed by atoms with Crippen LogP contribution in [0.3, 0.4) is 0 Å². The van der Waals surface area contributed by atoms with E-state index in [0.29, 0.717) is 19.1 Å². The van der Waals surface area contributed by atoms with E-state index in [1.165, 1.54) is 24.9 Å². The minimum atomic E-state index is 0.00695. The van der Waals surface area contributed by atoms with Crippen LogP contribution >= 0.6 is 0 Å². The molecule has 0 spiro atoms. The number of benzene rings is 1. The highest BCUT2D eigenvalue weighted by Crippen LogP contribution is 2.29. The number of hydrogen-bond donors (Lipinski definition) is 0. The summed E-state index contributed by atoms with van der Waals surface area (Å²) in [5.41, 5.74) is 2.34. The summed E-state index contributed by atoms with van der Waals surface area (Å²) in [5, 5.41) is 0. The van der Waals surface area contributed by atoms with Crippen molar-refractivity contribution in [3.63, 3.8) is 0 Å². The molecular formula is C19H28N2O2. The van der Waals surface area contributed by atoms with Gasteiger partial charge in [0, 0.05) is 32.2 Å². The number of anilines is 1. The molecule has 4 nitrogen and oxygen atoms in total. The highest BCUT2D eigenvalue weighted by atomic mass is 16.5. The Bertz CT molecular complexity index is 521. The van der Waals surface area contributed by atoms with Crippen molar-refractivity contribution in [3.05, 3.63) is 29.8 Å². The molecule has 4 heteroatoms. The first-order valence-electron chi connectivity index (χ1n) is 8.83. The molecule has 1 saturated heterocycles. The fourth-order valence-electron chi connectivity index (χ4n) is 3.65. The van der Waals surface area contributed by atoms with Gasteiger partial charge in [0.1, 0.15) is 6.10 Å². The number of ether oxygens (including phenoxy) is 1. The van der Waals surface area contributed by atoms with Crippen molar-refractivity contribution < 1.29 is 9.53 Å². The molecule has 0 bridgehead atoms. The molecule has 3 rings (SSSR count). The number of carbonyl (C=O) groups is 1. The number of rotatable bonds is 3. The van der Waals surface area contributed by atoms with Gasteiger partial charge in [-0.1, -0.05) is 31.4 Å². The van der Waals surface area contributed by atoms with Crippen molar-refractivity contribution in [3.8, 4) is 0 Å². The summed E-state index contributed by atoms with van der Waals surface area (Å²) in [6.07, 6.45) is 5.84. The van der Waals surface area contributed by atoms with Gasteiger partial charge >= 0.3 is 0 Å². The molecule has 2 aliphatic rings. The topological polar surface area (TPSA) is 32.8 Å². The molecule has 1 heterocycles. The lowest BCUT2D eigenvalue weighted by atomic mass is 9.88. The molecular weight excluding hydrogens is 288 g/mol. The van der Waals surface area contributed by atoms with Crippen LogP contribution in [0.15, 0.2) is 24.3 Å². The van der Waals surface area contributed by atoms with Crippen LogP contribution < -0.4 is 4.90 Å². The Morgan fingerprint density at radius 2 is 1.83 bits per heavy atom. The SMILES string of the molecule is CN(C)c1ccc(C2CN(C(=O)C3CCCCC3)CCO2)cc1. The second kappa shape index (κ2) is 7.35. The van der Waals surface area contributed by atoms with E-state index < -0.39 is 0 Å². The van der Waals surface area contributed by atoms with Crippen molar-refractivity contribution in [2.75, 3.05) is 38.7 Å². The highest BCUT2D eigenvalue weighted by Gasteiger charge is 2.30. The van der Waals surface area contributed by atoms with Crippen LogP contribution in [0.2, 0.25) is 0 Å². The zero-order chi connectivity index (χ0) is 16.2. The van der Waals surface area contributed by atoms with Gasteiger partial charge in [-0.25, -0.2) is 0 Å². The van der Waals surface area contributed by atoms with Crippen molar-refractivity contribution in [2.45, 2.75) is 38.2 Å². The largest absolute Gasteiger partial charge is 0.378 e. The van der Waals surface area contributed by atoms with Crippen LogP contribution in [0.5, 0.6) is 0 Å². The van der Waals surface area contributed by atoms with E-state index in [4.69, 9.17) is 4.74 Å². The van der Waals surface area contributed by atoms with Gasteiger partial charge in [0.15, 0.2) is 0 Å². The van der Waals surface area contributed by atoms with Gasteiger partial charge in [-0.15, -0.1) is 0 Å². The maximum atomic E-state index is 12.7. The molecule has 1 aromatic carbocycles. The fourth-order valence-corrected chi connectivity index (χ4v) is 3.65. The maximum absolute atomic E-state index is 12.7. The Balaban J connectivity index is 1.64. The molecule has 1 unspecified atom stereocenters. The maximum Gasteiger partial charge on any atom is 0.225 e. The molecule has 1 saturated carbocycles.